The van der Waals surface area contributed by atoms with Gasteiger partial charge in [-0.2, -0.15) is 0 Å². The van der Waals surface area contributed by atoms with E-state index in [1.54, 1.807) is 18.5 Å². The smallest absolute Gasteiger partial charge is 0.169 e. The first-order valence-corrected chi connectivity index (χ1v) is 7.80. The van der Waals surface area contributed by atoms with Crippen molar-refractivity contribution in [3.8, 4) is 5.75 Å². The summed E-state index contributed by atoms with van der Waals surface area (Å²) in [4.78, 5) is 8.37. The van der Waals surface area contributed by atoms with Gasteiger partial charge >= 0.3 is 0 Å². The molecule has 1 aromatic carbocycles. The van der Waals surface area contributed by atoms with Crippen LogP contribution in [0.1, 0.15) is 18.3 Å². The Morgan fingerprint density at radius 2 is 1.83 bits per heavy atom. The summed E-state index contributed by atoms with van der Waals surface area (Å²) in [5, 5.41) is 2.49. The van der Waals surface area contributed by atoms with Crippen LogP contribution in [0.5, 0.6) is 5.75 Å². The molecule has 2 heterocycles. The summed E-state index contributed by atoms with van der Waals surface area (Å²) in [5.74, 6) is -1.63. The van der Waals surface area contributed by atoms with Crippen molar-refractivity contribution < 1.29 is 13.5 Å². The molecule has 0 radical (unpaired) electrons. The minimum Gasteiger partial charge on any atom is -0.479 e. The van der Waals surface area contributed by atoms with Gasteiger partial charge in [0, 0.05) is 30.9 Å². The van der Waals surface area contributed by atoms with Gasteiger partial charge in [0.2, 0.25) is 0 Å². The van der Waals surface area contributed by atoms with Gasteiger partial charge in [0.1, 0.15) is 21.7 Å². The molecule has 0 bridgehead atoms. The second-order valence-corrected chi connectivity index (χ2v) is 5.95. The van der Waals surface area contributed by atoms with E-state index in [-0.39, 0.29) is 21.7 Å². The summed E-state index contributed by atoms with van der Waals surface area (Å²) in [5.41, 5.74) is 0. The second-order valence-electron chi connectivity index (χ2n) is 5.20. The molecule has 3 rings (SSSR count). The lowest BCUT2D eigenvalue weighted by Gasteiger charge is -2.24. The van der Waals surface area contributed by atoms with Gasteiger partial charge in [-0.15, -0.1) is 0 Å². The fourth-order valence-corrected chi connectivity index (χ4v) is 2.97. The number of hydrogen-bond acceptors (Lipinski definition) is 4. The SMILES string of the molecule is Fc1cc(F)c(Cl)c(O[C@@H](c2ncccn2)[C@H]2CCNC2)c1Cl. The molecule has 0 amide bonds. The van der Waals surface area contributed by atoms with Crippen LogP contribution in [-0.4, -0.2) is 23.1 Å². The molecule has 0 saturated carbocycles. The number of rotatable bonds is 4. The summed E-state index contributed by atoms with van der Waals surface area (Å²) in [6.45, 7) is 1.49. The Hall–Kier alpha value is -1.50. The molecule has 0 aliphatic carbocycles. The molecule has 0 unspecified atom stereocenters. The number of ether oxygens (including phenoxy) is 1. The maximum absolute atomic E-state index is 13.7. The van der Waals surface area contributed by atoms with Crippen molar-refractivity contribution in [3.05, 3.63) is 52.0 Å². The largest absolute Gasteiger partial charge is 0.479 e. The summed E-state index contributed by atoms with van der Waals surface area (Å²) >= 11 is 11.8. The Bertz CT molecular complexity index is 671. The van der Waals surface area contributed by atoms with Gasteiger partial charge in [-0.25, -0.2) is 18.7 Å². The van der Waals surface area contributed by atoms with Gasteiger partial charge in [0.05, 0.1) is 0 Å². The quantitative estimate of drug-likeness (QED) is 0.843. The van der Waals surface area contributed by atoms with Gasteiger partial charge in [0.25, 0.3) is 0 Å². The van der Waals surface area contributed by atoms with Crippen molar-refractivity contribution in [2.45, 2.75) is 12.5 Å². The van der Waals surface area contributed by atoms with E-state index in [2.05, 4.69) is 15.3 Å². The number of halogens is 4. The van der Waals surface area contributed by atoms with E-state index < -0.39 is 17.7 Å². The molecule has 1 fully saturated rings. The first-order valence-electron chi connectivity index (χ1n) is 7.05. The molecule has 23 heavy (non-hydrogen) atoms. The zero-order valence-electron chi connectivity index (χ0n) is 11.9. The maximum atomic E-state index is 13.7. The van der Waals surface area contributed by atoms with E-state index in [1.165, 1.54) is 0 Å². The molecule has 1 aromatic heterocycles. The van der Waals surface area contributed by atoms with Crippen molar-refractivity contribution in [1.82, 2.24) is 15.3 Å². The minimum absolute atomic E-state index is 0.0378. The van der Waals surface area contributed by atoms with Crippen LogP contribution in [0.4, 0.5) is 8.78 Å². The summed E-state index contributed by atoms with van der Waals surface area (Å²) in [7, 11) is 0. The van der Waals surface area contributed by atoms with Crippen molar-refractivity contribution in [3.63, 3.8) is 0 Å². The molecular weight excluding hydrogens is 347 g/mol. The average Bonchev–Trinajstić information content (AvgIpc) is 3.08. The molecule has 2 aromatic rings. The maximum Gasteiger partial charge on any atom is 0.169 e. The van der Waals surface area contributed by atoms with Crippen LogP contribution in [0.25, 0.3) is 0 Å². The number of nitrogens with zero attached hydrogens (tertiary/aromatic N) is 2. The molecule has 1 aliphatic rings. The first kappa shape index (κ1) is 16.4. The summed E-state index contributed by atoms with van der Waals surface area (Å²) in [6.07, 6.45) is 3.37. The molecule has 1 N–H and O–H groups in total. The van der Waals surface area contributed by atoms with Crippen molar-refractivity contribution in [1.29, 1.82) is 0 Å². The highest BCUT2D eigenvalue weighted by molar-refractivity contribution is 6.37. The molecule has 1 aliphatic heterocycles. The number of hydrogen-bond donors (Lipinski definition) is 1. The Kier molecular flexibility index (Phi) is 4.94. The minimum atomic E-state index is -0.930. The fraction of sp³-hybridized carbons (Fsp3) is 0.333. The zero-order chi connectivity index (χ0) is 16.4. The third-order valence-electron chi connectivity index (χ3n) is 3.68. The van der Waals surface area contributed by atoms with Crippen molar-refractivity contribution in [2.24, 2.45) is 5.92 Å². The van der Waals surface area contributed by atoms with Crippen LogP contribution in [0.3, 0.4) is 0 Å². The first-order chi connectivity index (χ1) is 11.1. The number of nitrogens with one attached hydrogen (secondary N) is 1. The lowest BCUT2D eigenvalue weighted by atomic mass is 10.0. The highest BCUT2D eigenvalue weighted by atomic mass is 35.5. The van der Waals surface area contributed by atoms with Gasteiger partial charge in [-0.3, -0.25) is 0 Å². The standard InChI is InChI=1S/C15H13Cl2F2N3O/c16-11-9(18)6-10(19)12(17)14(11)23-13(8-2-5-20-7-8)15-21-3-1-4-22-15/h1,3-4,6,8,13,20H,2,5,7H2/t8-,13+/m0/s1. The van der Waals surface area contributed by atoms with Crippen molar-refractivity contribution in [2.75, 3.05) is 13.1 Å². The van der Waals surface area contributed by atoms with Crippen LogP contribution in [0, 0.1) is 17.6 Å². The number of benzene rings is 1. The highest BCUT2D eigenvalue weighted by Gasteiger charge is 2.32. The van der Waals surface area contributed by atoms with E-state index >= 15 is 0 Å². The molecule has 2 atom stereocenters. The third-order valence-corrected chi connectivity index (χ3v) is 4.39. The van der Waals surface area contributed by atoms with Gasteiger partial charge < -0.3 is 10.1 Å². The van der Waals surface area contributed by atoms with Crippen LogP contribution in [-0.2, 0) is 0 Å². The number of aromatic nitrogens is 2. The van der Waals surface area contributed by atoms with Crippen LogP contribution in [0.2, 0.25) is 10.0 Å². The Labute approximate surface area is 141 Å². The van der Waals surface area contributed by atoms with E-state index in [0.717, 1.165) is 13.0 Å². The topological polar surface area (TPSA) is 47.0 Å². The Morgan fingerprint density at radius 1 is 1.17 bits per heavy atom. The van der Waals surface area contributed by atoms with Crippen LogP contribution in [0.15, 0.2) is 24.5 Å². The predicted molar refractivity (Wildman–Crippen MR) is 82.8 cm³/mol. The molecule has 8 heteroatoms. The Morgan fingerprint density at radius 3 is 2.39 bits per heavy atom. The van der Waals surface area contributed by atoms with Crippen LogP contribution >= 0.6 is 23.2 Å². The Balaban J connectivity index is 1.99. The molecule has 1 saturated heterocycles. The molecular formula is C15H13Cl2F2N3O. The lowest BCUT2D eigenvalue weighted by molar-refractivity contribution is 0.134. The van der Waals surface area contributed by atoms with Gasteiger partial charge in [-0.1, -0.05) is 23.2 Å². The van der Waals surface area contributed by atoms with Gasteiger partial charge in [0.15, 0.2) is 17.7 Å². The second kappa shape index (κ2) is 6.95. The van der Waals surface area contributed by atoms with E-state index in [0.29, 0.717) is 18.4 Å². The molecule has 4 nitrogen and oxygen atoms in total. The predicted octanol–water partition coefficient (Wildman–Crippen LogP) is 3.79. The summed E-state index contributed by atoms with van der Waals surface area (Å²) in [6, 6.07) is 2.30. The highest BCUT2D eigenvalue weighted by Crippen LogP contribution is 2.41. The fourth-order valence-electron chi connectivity index (χ4n) is 2.53. The lowest BCUT2D eigenvalue weighted by Crippen LogP contribution is -2.23. The van der Waals surface area contributed by atoms with E-state index in [9.17, 15) is 8.78 Å². The summed E-state index contributed by atoms with van der Waals surface area (Å²) < 4.78 is 33.2. The third kappa shape index (κ3) is 3.39. The van der Waals surface area contributed by atoms with E-state index in [4.69, 9.17) is 27.9 Å². The monoisotopic (exact) mass is 359 g/mol. The normalized spacial score (nSPS) is 18.9. The van der Waals surface area contributed by atoms with Crippen molar-refractivity contribution >= 4 is 23.2 Å². The van der Waals surface area contributed by atoms with Gasteiger partial charge in [-0.05, 0) is 19.0 Å². The van der Waals surface area contributed by atoms with E-state index in [1.807, 2.05) is 0 Å². The molecule has 122 valence electrons. The zero-order valence-corrected chi connectivity index (χ0v) is 13.4. The van der Waals surface area contributed by atoms with Crippen LogP contribution < -0.4 is 10.1 Å². The molecule has 0 spiro atoms. The average molecular weight is 360 g/mol.